The molecule has 0 unspecified atom stereocenters. The van der Waals surface area contributed by atoms with E-state index in [4.69, 9.17) is 10.5 Å². The van der Waals surface area contributed by atoms with Crippen LogP contribution >= 0.6 is 0 Å². The molecule has 0 bridgehead atoms. The zero-order valence-corrected chi connectivity index (χ0v) is 6.29. The summed E-state index contributed by atoms with van der Waals surface area (Å²) >= 11 is 0. The second-order valence-corrected chi connectivity index (χ2v) is 1.55. The summed E-state index contributed by atoms with van der Waals surface area (Å²) in [6.07, 6.45) is 1.37. The average molecular weight is 147 g/mol. The number of nitrogens with two attached hydrogens (primary N) is 1. The van der Waals surface area contributed by atoms with Crippen molar-refractivity contribution in [3.63, 3.8) is 0 Å². The van der Waals surface area contributed by atoms with E-state index >= 15 is 0 Å². The molecule has 0 aromatic rings. The molecule has 0 aliphatic carbocycles. The summed E-state index contributed by atoms with van der Waals surface area (Å²) in [6.45, 7) is 2.30. The molecule has 0 spiro atoms. The van der Waals surface area contributed by atoms with Gasteiger partial charge >= 0.3 is 0 Å². The van der Waals surface area contributed by atoms with Gasteiger partial charge in [0.25, 0.3) is 6.47 Å². The summed E-state index contributed by atoms with van der Waals surface area (Å²) in [6, 6.07) is 0. The van der Waals surface area contributed by atoms with E-state index in [1.54, 1.807) is 0 Å². The maximum absolute atomic E-state index is 9.82. The van der Waals surface area contributed by atoms with Gasteiger partial charge in [-0.2, -0.15) is 0 Å². The first-order chi connectivity index (χ1) is 4.68. The third-order valence-electron chi connectivity index (χ3n) is 0.593. The first-order valence-electron chi connectivity index (χ1n) is 2.93. The Morgan fingerprint density at radius 3 is 2.10 bits per heavy atom. The van der Waals surface area contributed by atoms with E-state index in [0.29, 0.717) is 12.9 Å². The van der Waals surface area contributed by atoms with Gasteiger partial charge in [0.05, 0.1) is 7.11 Å². The fraction of sp³-hybridized carbons (Fsp3) is 0.667. The third kappa shape index (κ3) is 28.3. The Hall–Kier alpha value is -1.06. The van der Waals surface area contributed by atoms with E-state index in [2.05, 4.69) is 4.74 Å². The van der Waals surface area contributed by atoms with Crippen molar-refractivity contribution in [3.05, 3.63) is 0 Å². The lowest BCUT2D eigenvalue weighted by Gasteiger charge is -1.81. The van der Waals surface area contributed by atoms with E-state index in [9.17, 15) is 4.79 Å². The fourth-order valence-electron chi connectivity index (χ4n) is 0.246. The van der Waals surface area contributed by atoms with Gasteiger partial charge in [0.2, 0.25) is 5.91 Å². The minimum Gasteiger partial charge on any atom is -0.471 e. The van der Waals surface area contributed by atoms with Crippen LogP contribution < -0.4 is 5.73 Å². The summed E-state index contributed by atoms with van der Waals surface area (Å²) < 4.78 is 3.86. The van der Waals surface area contributed by atoms with Crippen LogP contribution in [0.3, 0.4) is 0 Å². The van der Waals surface area contributed by atoms with Crippen LogP contribution in [0.2, 0.25) is 0 Å². The van der Waals surface area contributed by atoms with Crippen molar-refractivity contribution >= 4 is 12.4 Å². The number of carbonyl (C=O) groups excluding carboxylic acids is 2. The molecule has 10 heavy (non-hydrogen) atoms. The molecular formula is C6H13NO3. The van der Waals surface area contributed by atoms with E-state index < -0.39 is 0 Å². The van der Waals surface area contributed by atoms with E-state index in [-0.39, 0.29) is 5.91 Å². The second-order valence-electron chi connectivity index (χ2n) is 1.55. The Morgan fingerprint density at radius 1 is 1.70 bits per heavy atom. The molecule has 2 N–H and O–H groups in total. The third-order valence-corrected chi connectivity index (χ3v) is 0.593. The largest absolute Gasteiger partial charge is 0.471 e. The quantitative estimate of drug-likeness (QED) is 0.574. The van der Waals surface area contributed by atoms with Crippen LogP contribution in [0.25, 0.3) is 0 Å². The maximum atomic E-state index is 9.82. The highest BCUT2D eigenvalue weighted by atomic mass is 16.5. The molecule has 0 saturated carbocycles. The second kappa shape index (κ2) is 10.8. The number of ether oxygens (including phenoxy) is 1. The van der Waals surface area contributed by atoms with Gasteiger partial charge in [-0.05, 0) is 6.42 Å². The molecule has 0 aliphatic rings. The average Bonchev–Trinajstić information content (AvgIpc) is 1.89. The first kappa shape index (κ1) is 11.7. The molecule has 0 aromatic carbocycles. The van der Waals surface area contributed by atoms with Gasteiger partial charge < -0.3 is 10.5 Å². The highest BCUT2D eigenvalue weighted by Crippen LogP contribution is 1.79. The van der Waals surface area contributed by atoms with Crippen LogP contribution in [-0.2, 0) is 14.3 Å². The van der Waals surface area contributed by atoms with Gasteiger partial charge in [0, 0.05) is 6.42 Å². The fourth-order valence-corrected chi connectivity index (χ4v) is 0.246. The summed E-state index contributed by atoms with van der Waals surface area (Å²) in [5.41, 5.74) is 4.76. The maximum Gasteiger partial charge on any atom is 0.292 e. The highest BCUT2D eigenvalue weighted by Gasteiger charge is 1.84. The molecule has 0 aromatic heterocycles. The molecule has 0 aliphatic heterocycles. The van der Waals surface area contributed by atoms with Crippen molar-refractivity contribution in [1.29, 1.82) is 0 Å². The van der Waals surface area contributed by atoms with Crippen LogP contribution in [-0.4, -0.2) is 19.5 Å². The predicted octanol–water partition coefficient (Wildman–Crippen LogP) is 0.0610. The van der Waals surface area contributed by atoms with Crippen molar-refractivity contribution in [2.75, 3.05) is 7.11 Å². The van der Waals surface area contributed by atoms with Gasteiger partial charge in [-0.3, -0.25) is 9.59 Å². The summed E-state index contributed by atoms with van der Waals surface area (Å²) in [7, 11) is 1.31. The lowest BCUT2D eigenvalue weighted by molar-refractivity contribution is -0.126. The first-order valence-corrected chi connectivity index (χ1v) is 2.93. The Balaban J connectivity index is 0. The molecule has 0 atom stereocenters. The summed E-state index contributed by atoms with van der Waals surface area (Å²) in [4.78, 5) is 18.8. The molecule has 4 heteroatoms. The topological polar surface area (TPSA) is 69.4 Å². The number of hydrogen-bond donors (Lipinski definition) is 1. The lowest BCUT2D eigenvalue weighted by Crippen LogP contribution is -2.08. The summed E-state index contributed by atoms with van der Waals surface area (Å²) in [5.74, 6) is -0.211. The van der Waals surface area contributed by atoms with Crippen molar-refractivity contribution in [2.24, 2.45) is 5.73 Å². The molecule has 60 valence electrons. The number of hydrogen-bond acceptors (Lipinski definition) is 3. The molecule has 0 fully saturated rings. The van der Waals surface area contributed by atoms with Gasteiger partial charge in [0.1, 0.15) is 0 Å². The van der Waals surface area contributed by atoms with E-state index in [1.807, 2.05) is 6.92 Å². The number of amides is 1. The zero-order valence-electron chi connectivity index (χ0n) is 6.29. The molecular weight excluding hydrogens is 134 g/mol. The van der Waals surface area contributed by atoms with Crippen molar-refractivity contribution in [3.8, 4) is 0 Å². The predicted molar refractivity (Wildman–Crippen MR) is 37.2 cm³/mol. The van der Waals surface area contributed by atoms with Gasteiger partial charge in [-0.25, -0.2) is 0 Å². The van der Waals surface area contributed by atoms with Crippen LogP contribution in [0.5, 0.6) is 0 Å². The molecule has 0 heterocycles. The molecule has 4 nitrogen and oxygen atoms in total. The van der Waals surface area contributed by atoms with Crippen molar-refractivity contribution in [2.45, 2.75) is 19.8 Å². The van der Waals surface area contributed by atoms with Crippen LogP contribution in [0.15, 0.2) is 0 Å². The van der Waals surface area contributed by atoms with Crippen LogP contribution in [0.4, 0.5) is 0 Å². The Kier molecular flexibility index (Phi) is 12.7. The van der Waals surface area contributed by atoms with Gasteiger partial charge in [-0.1, -0.05) is 6.92 Å². The number of methoxy groups -OCH3 is 1. The molecule has 0 rings (SSSR count). The molecule has 0 radical (unpaired) electrons. The van der Waals surface area contributed by atoms with Crippen LogP contribution in [0, 0.1) is 0 Å². The van der Waals surface area contributed by atoms with Crippen LogP contribution in [0.1, 0.15) is 19.8 Å². The van der Waals surface area contributed by atoms with Crippen molar-refractivity contribution in [1.82, 2.24) is 0 Å². The van der Waals surface area contributed by atoms with Gasteiger partial charge in [-0.15, -0.1) is 0 Å². The molecule has 0 saturated heterocycles. The SMILES string of the molecule is CCCC(N)=O.COC=O. The standard InChI is InChI=1S/C4H9NO.C2H4O2/c1-2-3-4(5)6;1-4-2-3/h2-3H2,1H3,(H2,5,6);2H,1H3. The number of primary amides is 1. The van der Waals surface area contributed by atoms with Gasteiger partial charge in [0.15, 0.2) is 0 Å². The zero-order chi connectivity index (χ0) is 8.41. The summed E-state index contributed by atoms with van der Waals surface area (Å²) in [5, 5.41) is 0. The van der Waals surface area contributed by atoms with E-state index in [0.717, 1.165) is 6.42 Å². The minimum absolute atomic E-state index is 0.211. The Labute approximate surface area is 60.3 Å². The minimum atomic E-state index is -0.211. The van der Waals surface area contributed by atoms with E-state index in [1.165, 1.54) is 7.11 Å². The smallest absolute Gasteiger partial charge is 0.292 e. The van der Waals surface area contributed by atoms with Crippen molar-refractivity contribution < 1.29 is 14.3 Å². The normalized spacial score (nSPS) is 7.00. The lowest BCUT2D eigenvalue weighted by atomic mass is 10.3. The number of rotatable bonds is 3. The monoisotopic (exact) mass is 147 g/mol. The highest BCUT2D eigenvalue weighted by molar-refractivity contribution is 5.73. The number of carbonyl (C=O) groups is 2. The molecule has 1 amide bonds. The Bertz CT molecular complexity index is 93.0. The Morgan fingerprint density at radius 2 is 2.10 bits per heavy atom.